The van der Waals surface area contributed by atoms with Crippen molar-refractivity contribution in [3.63, 3.8) is 0 Å². The average molecular weight is 403 g/mol. The Balaban J connectivity index is 1.25. The number of ether oxygens (including phenoxy) is 1. The molecule has 3 fully saturated rings. The number of benzene rings is 1. The molecular formula is C23H31FN2O3. The first-order chi connectivity index (χ1) is 14.1. The molecule has 2 amide bonds. The second-order valence-corrected chi connectivity index (χ2v) is 8.81. The van der Waals surface area contributed by atoms with Crippen LogP contribution in [0.3, 0.4) is 0 Å². The summed E-state index contributed by atoms with van der Waals surface area (Å²) in [5, 5.41) is 3.10. The van der Waals surface area contributed by atoms with Gasteiger partial charge in [0.05, 0.1) is 17.3 Å². The second kappa shape index (κ2) is 8.82. The zero-order chi connectivity index (χ0) is 20.3. The molecule has 2 saturated heterocycles. The first kappa shape index (κ1) is 20.3. The van der Waals surface area contributed by atoms with Crippen molar-refractivity contribution in [2.75, 3.05) is 19.6 Å². The summed E-state index contributed by atoms with van der Waals surface area (Å²) in [6, 6.07) is 6.15. The van der Waals surface area contributed by atoms with Gasteiger partial charge in [0.25, 0.3) is 5.91 Å². The number of carbonyl (C=O) groups excluding carboxylic acids is 2. The molecule has 1 spiro atoms. The molecule has 0 radical (unpaired) electrons. The van der Waals surface area contributed by atoms with Gasteiger partial charge >= 0.3 is 0 Å². The summed E-state index contributed by atoms with van der Waals surface area (Å²) < 4.78 is 20.3. The first-order valence-electron chi connectivity index (χ1n) is 11.1. The Morgan fingerprint density at radius 1 is 1.07 bits per heavy atom. The van der Waals surface area contributed by atoms with E-state index in [4.69, 9.17) is 4.74 Å². The van der Waals surface area contributed by atoms with Crippen LogP contribution in [0.4, 0.5) is 4.39 Å². The van der Waals surface area contributed by atoms with E-state index in [2.05, 4.69) is 5.32 Å². The fourth-order valence-electron chi connectivity index (χ4n) is 5.05. The Morgan fingerprint density at radius 2 is 1.79 bits per heavy atom. The maximum Gasteiger partial charge on any atom is 0.256 e. The van der Waals surface area contributed by atoms with Gasteiger partial charge in [0, 0.05) is 25.6 Å². The molecule has 2 heterocycles. The summed E-state index contributed by atoms with van der Waals surface area (Å²) in [4.78, 5) is 26.7. The SMILES string of the molecule is O=C(NC[C@@H]1CCC2(CCN(C(=O)c3ccccc3F)CC2)O1)C1CCCCC1. The first-order valence-corrected chi connectivity index (χ1v) is 11.1. The van der Waals surface area contributed by atoms with Crippen LogP contribution in [0.15, 0.2) is 24.3 Å². The van der Waals surface area contributed by atoms with Crippen molar-refractivity contribution in [1.82, 2.24) is 10.2 Å². The molecule has 4 rings (SSSR count). The molecule has 0 aromatic heterocycles. The van der Waals surface area contributed by atoms with E-state index in [0.717, 1.165) is 51.4 Å². The van der Waals surface area contributed by atoms with Gasteiger partial charge < -0.3 is 15.0 Å². The molecule has 158 valence electrons. The molecule has 0 bridgehead atoms. The monoisotopic (exact) mass is 402 g/mol. The Labute approximate surface area is 172 Å². The highest BCUT2D eigenvalue weighted by molar-refractivity contribution is 5.94. The summed E-state index contributed by atoms with van der Waals surface area (Å²) in [6.45, 7) is 1.73. The minimum absolute atomic E-state index is 0.0522. The van der Waals surface area contributed by atoms with E-state index in [1.807, 2.05) is 0 Å². The van der Waals surface area contributed by atoms with Gasteiger partial charge in [0.1, 0.15) is 5.82 Å². The molecule has 29 heavy (non-hydrogen) atoms. The Morgan fingerprint density at radius 3 is 2.52 bits per heavy atom. The van der Waals surface area contributed by atoms with Crippen molar-refractivity contribution in [2.24, 2.45) is 5.92 Å². The van der Waals surface area contributed by atoms with Gasteiger partial charge in [0.2, 0.25) is 5.91 Å². The van der Waals surface area contributed by atoms with Crippen molar-refractivity contribution in [2.45, 2.75) is 69.5 Å². The number of rotatable bonds is 4. The van der Waals surface area contributed by atoms with Crippen molar-refractivity contribution in [3.8, 4) is 0 Å². The standard InChI is InChI=1S/C23H31FN2O3/c24-20-9-5-4-8-19(20)22(28)26-14-12-23(13-15-26)11-10-18(29-23)16-25-21(27)17-6-2-1-3-7-17/h4-5,8-9,17-18H,1-3,6-7,10-16H2,(H,25,27)/t18-/m0/s1. The summed E-state index contributed by atoms with van der Waals surface area (Å²) in [5.74, 6) is -0.359. The minimum Gasteiger partial charge on any atom is -0.370 e. The van der Waals surface area contributed by atoms with Gasteiger partial charge in [0.15, 0.2) is 0 Å². The maximum absolute atomic E-state index is 13.9. The smallest absolute Gasteiger partial charge is 0.256 e. The van der Waals surface area contributed by atoms with Crippen LogP contribution in [0.25, 0.3) is 0 Å². The number of carbonyl (C=O) groups is 2. The third-order valence-electron chi connectivity index (χ3n) is 6.88. The number of amides is 2. The van der Waals surface area contributed by atoms with Crippen LogP contribution >= 0.6 is 0 Å². The number of hydrogen-bond acceptors (Lipinski definition) is 3. The van der Waals surface area contributed by atoms with Gasteiger partial charge in [-0.3, -0.25) is 9.59 Å². The molecule has 2 aliphatic heterocycles. The molecular weight excluding hydrogens is 371 g/mol. The van der Waals surface area contributed by atoms with Crippen LogP contribution in [-0.4, -0.2) is 48.1 Å². The zero-order valence-corrected chi connectivity index (χ0v) is 17.0. The summed E-state index contributed by atoms with van der Waals surface area (Å²) >= 11 is 0. The summed E-state index contributed by atoms with van der Waals surface area (Å²) in [6.07, 6.45) is 9.04. The van der Waals surface area contributed by atoms with E-state index in [-0.39, 0.29) is 35.0 Å². The van der Waals surface area contributed by atoms with Crippen molar-refractivity contribution in [1.29, 1.82) is 0 Å². The molecule has 6 heteroatoms. The number of piperidine rings is 1. The van der Waals surface area contributed by atoms with E-state index in [0.29, 0.717) is 19.6 Å². The quantitative estimate of drug-likeness (QED) is 0.836. The Kier molecular flexibility index (Phi) is 6.18. The van der Waals surface area contributed by atoms with Crippen LogP contribution in [0, 0.1) is 11.7 Å². The van der Waals surface area contributed by atoms with Gasteiger partial charge in [-0.25, -0.2) is 4.39 Å². The van der Waals surface area contributed by atoms with Gasteiger partial charge in [-0.15, -0.1) is 0 Å². The van der Waals surface area contributed by atoms with E-state index >= 15 is 0 Å². The minimum atomic E-state index is -0.469. The van der Waals surface area contributed by atoms with Crippen LogP contribution in [0.2, 0.25) is 0 Å². The van der Waals surface area contributed by atoms with E-state index in [1.165, 1.54) is 12.5 Å². The molecule has 1 aliphatic carbocycles. The molecule has 0 unspecified atom stereocenters. The predicted molar refractivity (Wildman–Crippen MR) is 108 cm³/mol. The zero-order valence-electron chi connectivity index (χ0n) is 17.0. The van der Waals surface area contributed by atoms with E-state index in [1.54, 1.807) is 23.1 Å². The number of likely N-dealkylation sites (tertiary alicyclic amines) is 1. The number of nitrogens with one attached hydrogen (secondary N) is 1. The fourth-order valence-corrected chi connectivity index (χ4v) is 5.05. The summed E-state index contributed by atoms with van der Waals surface area (Å²) in [5.41, 5.74) is -0.0641. The molecule has 5 nitrogen and oxygen atoms in total. The lowest BCUT2D eigenvalue weighted by molar-refractivity contribution is -0.127. The lowest BCUT2D eigenvalue weighted by atomic mass is 9.88. The van der Waals surface area contributed by atoms with E-state index in [9.17, 15) is 14.0 Å². The normalized spacial score (nSPS) is 24.6. The van der Waals surface area contributed by atoms with Crippen LogP contribution in [0.5, 0.6) is 0 Å². The number of hydrogen-bond donors (Lipinski definition) is 1. The number of nitrogens with zero attached hydrogens (tertiary/aromatic N) is 1. The van der Waals surface area contributed by atoms with Crippen molar-refractivity contribution in [3.05, 3.63) is 35.6 Å². The van der Waals surface area contributed by atoms with Crippen LogP contribution in [-0.2, 0) is 9.53 Å². The molecule has 1 aromatic rings. The van der Waals surface area contributed by atoms with Gasteiger partial charge in [-0.05, 0) is 50.7 Å². The third-order valence-corrected chi connectivity index (χ3v) is 6.88. The predicted octanol–water partition coefficient (Wildman–Crippen LogP) is 3.68. The second-order valence-electron chi connectivity index (χ2n) is 8.81. The fraction of sp³-hybridized carbons (Fsp3) is 0.652. The van der Waals surface area contributed by atoms with Crippen LogP contribution < -0.4 is 5.32 Å². The lowest BCUT2D eigenvalue weighted by Crippen LogP contribution is -2.47. The number of halogens is 1. The Bertz CT molecular complexity index is 739. The topological polar surface area (TPSA) is 58.6 Å². The highest BCUT2D eigenvalue weighted by Crippen LogP contribution is 2.39. The van der Waals surface area contributed by atoms with Gasteiger partial charge in [-0.2, -0.15) is 0 Å². The average Bonchev–Trinajstić information content (AvgIpc) is 3.15. The van der Waals surface area contributed by atoms with Crippen molar-refractivity contribution < 1.29 is 18.7 Å². The lowest BCUT2D eigenvalue weighted by Gasteiger charge is -2.39. The van der Waals surface area contributed by atoms with Crippen LogP contribution in [0.1, 0.15) is 68.1 Å². The van der Waals surface area contributed by atoms with Crippen molar-refractivity contribution >= 4 is 11.8 Å². The molecule has 3 aliphatic rings. The maximum atomic E-state index is 13.9. The highest BCUT2D eigenvalue weighted by atomic mass is 19.1. The summed E-state index contributed by atoms with van der Waals surface area (Å²) in [7, 11) is 0. The molecule has 1 aromatic carbocycles. The molecule has 1 atom stereocenters. The highest BCUT2D eigenvalue weighted by Gasteiger charge is 2.43. The third kappa shape index (κ3) is 4.63. The Hall–Kier alpha value is -1.95. The molecule has 1 saturated carbocycles. The van der Waals surface area contributed by atoms with Gasteiger partial charge in [-0.1, -0.05) is 31.4 Å². The molecule has 1 N–H and O–H groups in total. The largest absolute Gasteiger partial charge is 0.370 e. The van der Waals surface area contributed by atoms with E-state index < -0.39 is 5.82 Å².